The minimum absolute atomic E-state index is 0.109. The van der Waals surface area contributed by atoms with Crippen LogP contribution in [0.3, 0.4) is 0 Å². The van der Waals surface area contributed by atoms with Crippen molar-refractivity contribution in [1.29, 1.82) is 0 Å². The maximum absolute atomic E-state index is 14.6. The summed E-state index contributed by atoms with van der Waals surface area (Å²) in [6.07, 6.45) is 6.64. The molecule has 12 heteroatoms. The molecule has 0 saturated carbocycles. The fraction of sp³-hybridized carbons (Fsp3) is 0.250. The highest BCUT2D eigenvalue weighted by atomic mass is 19.1. The lowest BCUT2D eigenvalue weighted by Crippen LogP contribution is -2.27. The summed E-state index contributed by atoms with van der Waals surface area (Å²) in [7, 11) is 3.90. The Balaban J connectivity index is 1.35. The van der Waals surface area contributed by atoms with Gasteiger partial charge >= 0.3 is 0 Å². The molecule has 0 fully saturated rings. The first-order valence-corrected chi connectivity index (χ1v) is 14.1. The van der Waals surface area contributed by atoms with Crippen LogP contribution in [-0.4, -0.2) is 73.2 Å². The number of rotatable bonds is 8. The van der Waals surface area contributed by atoms with Gasteiger partial charge in [0, 0.05) is 46.9 Å². The third kappa shape index (κ3) is 5.97. The predicted molar refractivity (Wildman–Crippen MR) is 168 cm³/mol. The van der Waals surface area contributed by atoms with Crippen molar-refractivity contribution in [3.63, 3.8) is 0 Å². The smallest absolute Gasteiger partial charge is 0.229 e. The van der Waals surface area contributed by atoms with E-state index in [2.05, 4.69) is 35.5 Å². The van der Waals surface area contributed by atoms with E-state index < -0.39 is 11.2 Å². The number of carbonyl (C=O) groups is 1. The number of halogens is 1. The number of benzene rings is 1. The van der Waals surface area contributed by atoms with Crippen molar-refractivity contribution in [3.05, 3.63) is 67.0 Å². The summed E-state index contributed by atoms with van der Waals surface area (Å²) in [5, 5.41) is 11.2. The van der Waals surface area contributed by atoms with Crippen LogP contribution in [0.5, 0.6) is 5.75 Å². The summed E-state index contributed by atoms with van der Waals surface area (Å²) >= 11 is 0. The van der Waals surface area contributed by atoms with Crippen LogP contribution < -0.4 is 10.1 Å². The number of likely N-dealkylation sites (N-methyl/N-ethyl adjacent to an activating group) is 1. The van der Waals surface area contributed by atoms with Crippen molar-refractivity contribution in [2.24, 2.45) is 5.41 Å². The SMILES string of the molecule is CN(C)CCOc1cc(F)cc(-c2nccc3[nH]c(-c4n[nH]c5cnc(-c6cncc(NC(=O)C(C)(C)C)c6)cc45)nc23)c1. The largest absolute Gasteiger partial charge is 0.492 e. The van der Waals surface area contributed by atoms with Crippen LogP contribution in [-0.2, 0) is 4.79 Å². The second-order valence-corrected chi connectivity index (χ2v) is 11.8. The van der Waals surface area contributed by atoms with Gasteiger partial charge in [0.2, 0.25) is 5.91 Å². The van der Waals surface area contributed by atoms with Gasteiger partial charge in [0.05, 0.1) is 40.5 Å². The number of ether oxygens (including phenoxy) is 1. The van der Waals surface area contributed by atoms with Crippen LogP contribution in [0.4, 0.5) is 10.1 Å². The minimum Gasteiger partial charge on any atom is -0.492 e. The van der Waals surface area contributed by atoms with E-state index in [4.69, 9.17) is 9.72 Å². The Morgan fingerprint density at radius 2 is 1.84 bits per heavy atom. The Morgan fingerprint density at radius 3 is 2.64 bits per heavy atom. The van der Waals surface area contributed by atoms with E-state index in [1.54, 1.807) is 30.9 Å². The van der Waals surface area contributed by atoms with Crippen molar-refractivity contribution in [3.8, 4) is 39.8 Å². The Labute approximate surface area is 252 Å². The highest BCUT2D eigenvalue weighted by molar-refractivity contribution is 5.97. The molecule has 5 aromatic heterocycles. The molecule has 1 aromatic carbocycles. The molecular formula is C32H32FN9O2. The minimum atomic E-state index is -0.544. The van der Waals surface area contributed by atoms with Gasteiger partial charge in [-0.2, -0.15) is 5.10 Å². The first-order chi connectivity index (χ1) is 21.0. The van der Waals surface area contributed by atoms with Gasteiger partial charge in [-0.1, -0.05) is 20.8 Å². The number of nitrogens with zero attached hydrogens (tertiary/aromatic N) is 6. The molecule has 0 aliphatic rings. The third-order valence-electron chi connectivity index (χ3n) is 7.00. The zero-order chi connectivity index (χ0) is 31.0. The van der Waals surface area contributed by atoms with E-state index in [-0.39, 0.29) is 5.91 Å². The number of anilines is 1. The maximum atomic E-state index is 14.6. The highest BCUT2D eigenvalue weighted by Crippen LogP contribution is 2.33. The Kier molecular flexibility index (Phi) is 7.52. The van der Waals surface area contributed by atoms with Gasteiger partial charge in [0.15, 0.2) is 5.82 Å². The first kappa shape index (κ1) is 28.9. The molecule has 0 saturated heterocycles. The molecule has 5 heterocycles. The molecule has 6 aromatic rings. The number of hydrogen-bond acceptors (Lipinski definition) is 8. The second kappa shape index (κ2) is 11.5. The van der Waals surface area contributed by atoms with E-state index >= 15 is 0 Å². The second-order valence-electron chi connectivity index (χ2n) is 11.8. The molecular weight excluding hydrogens is 561 g/mol. The van der Waals surface area contributed by atoms with Gasteiger partial charge in [-0.25, -0.2) is 9.37 Å². The molecule has 6 rings (SSSR count). The van der Waals surface area contributed by atoms with Gasteiger partial charge in [-0.05, 0) is 44.4 Å². The maximum Gasteiger partial charge on any atom is 0.229 e. The van der Waals surface area contributed by atoms with Crippen LogP contribution in [0, 0.1) is 11.2 Å². The molecule has 0 aliphatic carbocycles. The molecule has 0 bridgehead atoms. The van der Waals surface area contributed by atoms with Gasteiger partial charge < -0.3 is 19.9 Å². The predicted octanol–water partition coefficient (Wildman–Crippen LogP) is 5.69. The number of aromatic nitrogens is 7. The number of imidazole rings is 1. The molecule has 0 unspecified atom stereocenters. The Bertz CT molecular complexity index is 1990. The van der Waals surface area contributed by atoms with E-state index in [1.165, 1.54) is 12.1 Å². The molecule has 0 atom stereocenters. The molecule has 3 N–H and O–H groups in total. The Hall–Kier alpha value is -5.23. The number of nitrogens with one attached hydrogen (secondary N) is 3. The topological polar surface area (TPSA) is 138 Å². The van der Waals surface area contributed by atoms with Crippen molar-refractivity contribution in [1.82, 2.24) is 40.0 Å². The average Bonchev–Trinajstić information content (AvgIpc) is 3.60. The third-order valence-corrected chi connectivity index (χ3v) is 7.00. The van der Waals surface area contributed by atoms with Gasteiger partial charge in [-0.15, -0.1) is 0 Å². The normalized spacial score (nSPS) is 11.9. The number of carbonyl (C=O) groups excluding carboxylic acids is 1. The number of aromatic amines is 2. The number of fused-ring (bicyclic) bond motifs is 2. The first-order valence-electron chi connectivity index (χ1n) is 14.1. The van der Waals surface area contributed by atoms with Crippen LogP contribution >= 0.6 is 0 Å². The van der Waals surface area contributed by atoms with E-state index in [0.29, 0.717) is 58.6 Å². The molecule has 1 amide bonds. The number of pyridine rings is 3. The zero-order valence-electron chi connectivity index (χ0n) is 25.1. The molecule has 0 aliphatic heterocycles. The van der Waals surface area contributed by atoms with E-state index in [0.717, 1.165) is 22.0 Å². The van der Waals surface area contributed by atoms with Crippen molar-refractivity contribution >= 4 is 33.5 Å². The Morgan fingerprint density at radius 1 is 1.00 bits per heavy atom. The summed E-state index contributed by atoms with van der Waals surface area (Å²) < 4.78 is 20.4. The van der Waals surface area contributed by atoms with Crippen molar-refractivity contribution in [2.75, 3.05) is 32.6 Å². The number of amides is 1. The molecule has 44 heavy (non-hydrogen) atoms. The van der Waals surface area contributed by atoms with Crippen molar-refractivity contribution in [2.45, 2.75) is 20.8 Å². The molecule has 224 valence electrons. The van der Waals surface area contributed by atoms with Crippen LogP contribution in [0.1, 0.15) is 20.8 Å². The summed E-state index contributed by atoms with van der Waals surface area (Å²) in [6.45, 7) is 6.68. The summed E-state index contributed by atoms with van der Waals surface area (Å²) in [5.74, 6) is 0.404. The molecule has 0 spiro atoms. The monoisotopic (exact) mass is 593 g/mol. The van der Waals surface area contributed by atoms with Crippen LogP contribution in [0.15, 0.2) is 61.2 Å². The van der Waals surface area contributed by atoms with Gasteiger partial charge in [0.1, 0.15) is 29.4 Å². The van der Waals surface area contributed by atoms with Crippen LogP contribution in [0.25, 0.3) is 56.0 Å². The van der Waals surface area contributed by atoms with Gasteiger partial charge in [0.25, 0.3) is 0 Å². The number of hydrogen-bond donors (Lipinski definition) is 3. The quantitative estimate of drug-likeness (QED) is 0.205. The van der Waals surface area contributed by atoms with E-state index in [9.17, 15) is 9.18 Å². The summed E-state index contributed by atoms with van der Waals surface area (Å²) in [5.41, 5.74) is 5.10. The lowest BCUT2D eigenvalue weighted by molar-refractivity contribution is -0.123. The summed E-state index contributed by atoms with van der Waals surface area (Å²) in [6, 6.07) is 10.1. The van der Waals surface area contributed by atoms with E-state index in [1.807, 2.05) is 58.0 Å². The molecule has 11 nitrogen and oxygen atoms in total. The van der Waals surface area contributed by atoms with Gasteiger partial charge in [-0.3, -0.25) is 24.8 Å². The lowest BCUT2D eigenvalue weighted by atomic mass is 9.95. The standard InChI is InChI=1S/C32H32FN9O2/c1-32(2,3)31(43)37-21-11-19(15-34-16-21)25-14-23-26(17-36-25)40-41-28(23)30-38-24-6-7-35-27(29(24)39-30)18-10-20(33)13-22(12-18)44-9-8-42(4)5/h6-7,10-17H,8-9H2,1-5H3,(H,37,43)(H,38,39)(H,40,41). The lowest BCUT2D eigenvalue weighted by Gasteiger charge is -2.17. The summed E-state index contributed by atoms with van der Waals surface area (Å²) in [4.78, 5) is 36.1. The van der Waals surface area contributed by atoms with Crippen molar-refractivity contribution < 1.29 is 13.9 Å². The van der Waals surface area contributed by atoms with Crippen LogP contribution in [0.2, 0.25) is 0 Å². The fourth-order valence-electron chi connectivity index (χ4n) is 4.61. The highest BCUT2D eigenvalue weighted by Gasteiger charge is 2.22. The molecule has 0 radical (unpaired) electrons. The average molecular weight is 594 g/mol. The number of H-pyrrole nitrogens is 2. The fourth-order valence-corrected chi connectivity index (χ4v) is 4.61. The zero-order valence-corrected chi connectivity index (χ0v) is 25.1.